The molecule has 1 heterocycles. The molecule has 1 aliphatic rings. The molecule has 1 aromatic carbocycles. The summed E-state index contributed by atoms with van der Waals surface area (Å²) in [6.45, 7) is 12.1. The first-order valence-corrected chi connectivity index (χ1v) is 8.28. The summed E-state index contributed by atoms with van der Waals surface area (Å²) in [5.74, 6) is -2.58. The van der Waals surface area contributed by atoms with Crippen molar-refractivity contribution in [3.8, 4) is 5.75 Å². The first kappa shape index (κ1) is 20.9. The van der Waals surface area contributed by atoms with Gasteiger partial charge in [0.15, 0.2) is 0 Å². The van der Waals surface area contributed by atoms with E-state index in [1.165, 1.54) is 16.7 Å². The number of carbonyl (C=O) groups is 2. The van der Waals surface area contributed by atoms with Crippen LogP contribution in [-0.2, 0) is 14.3 Å². The normalized spacial score (nSPS) is 14.4. The van der Waals surface area contributed by atoms with Gasteiger partial charge in [0.05, 0.1) is 19.8 Å². The van der Waals surface area contributed by atoms with Crippen LogP contribution in [0, 0.1) is 20.8 Å². The Morgan fingerprint density at radius 1 is 1.08 bits per heavy atom. The lowest BCUT2D eigenvalue weighted by atomic mass is 10.1. The maximum atomic E-state index is 9.10. The maximum Gasteiger partial charge on any atom is 0.414 e. The molecule has 0 amide bonds. The number of hydrogen-bond donors (Lipinski definition) is 2. The zero-order chi connectivity index (χ0) is 18.8. The molecule has 1 aromatic rings. The standard InChI is InChI=1S/C16H25NO2.C2H2O4/c1-13-5-6-14(2)16(15(13)3)19-10-4-7-17-8-11-18-12-9-17;3-1(4)2(5)6/h5-6H,4,7-12H2,1-3H3;(H,3,4)(H,5,6). The van der Waals surface area contributed by atoms with Crippen molar-refractivity contribution in [3.63, 3.8) is 0 Å². The molecule has 2 rings (SSSR count). The van der Waals surface area contributed by atoms with Crippen LogP contribution in [0.1, 0.15) is 23.1 Å². The second-order valence-electron chi connectivity index (χ2n) is 5.92. The van der Waals surface area contributed by atoms with E-state index in [1.54, 1.807) is 0 Å². The largest absolute Gasteiger partial charge is 0.493 e. The lowest BCUT2D eigenvalue weighted by Gasteiger charge is -2.26. The number of carboxylic acid groups (broad SMARTS) is 2. The quantitative estimate of drug-likeness (QED) is 0.616. The van der Waals surface area contributed by atoms with Crippen LogP contribution in [0.5, 0.6) is 5.75 Å². The maximum absolute atomic E-state index is 9.10. The van der Waals surface area contributed by atoms with Gasteiger partial charge in [-0.3, -0.25) is 4.90 Å². The Kier molecular flexibility index (Phi) is 8.94. The Balaban J connectivity index is 0.000000450. The van der Waals surface area contributed by atoms with Gasteiger partial charge in [-0.15, -0.1) is 0 Å². The molecular weight excluding hydrogens is 326 g/mol. The first-order chi connectivity index (χ1) is 11.8. The van der Waals surface area contributed by atoms with Crippen LogP contribution >= 0.6 is 0 Å². The number of hydrogen-bond acceptors (Lipinski definition) is 5. The van der Waals surface area contributed by atoms with Crippen LogP contribution in [0.4, 0.5) is 0 Å². The molecule has 0 bridgehead atoms. The number of rotatable bonds is 5. The van der Waals surface area contributed by atoms with Crippen LogP contribution in [0.15, 0.2) is 12.1 Å². The molecule has 7 nitrogen and oxygen atoms in total. The summed E-state index contributed by atoms with van der Waals surface area (Å²) in [7, 11) is 0. The Morgan fingerprint density at radius 2 is 1.64 bits per heavy atom. The molecule has 7 heteroatoms. The number of benzene rings is 1. The van der Waals surface area contributed by atoms with Gasteiger partial charge in [-0.25, -0.2) is 9.59 Å². The summed E-state index contributed by atoms with van der Waals surface area (Å²) in [6.07, 6.45) is 1.08. The Bertz CT molecular complexity index is 569. The van der Waals surface area contributed by atoms with Gasteiger partial charge in [0.25, 0.3) is 0 Å². The van der Waals surface area contributed by atoms with Gasteiger partial charge < -0.3 is 19.7 Å². The van der Waals surface area contributed by atoms with Crippen LogP contribution in [0.3, 0.4) is 0 Å². The number of aliphatic carboxylic acids is 2. The summed E-state index contributed by atoms with van der Waals surface area (Å²) in [6, 6.07) is 4.30. The highest BCUT2D eigenvalue weighted by Crippen LogP contribution is 2.25. The predicted octanol–water partition coefficient (Wildman–Crippen LogP) is 1.87. The van der Waals surface area contributed by atoms with E-state index in [-0.39, 0.29) is 0 Å². The van der Waals surface area contributed by atoms with Gasteiger partial charge in [-0.05, 0) is 43.9 Å². The van der Waals surface area contributed by atoms with Crippen molar-refractivity contribution in [2.45, 2.75) is 27.2 Å². The van der Waals surface area contributed by atoms with Crippen molar-refractivity contribution < 1.29 is 29.3 Å². The topological polar surface area (TPSA) is 96.3 Å². The molecule has 0 spiro atoms. The van der Waals surface area contributed by atoms with Gasteiger partial charge >= 0.3 is 11.9 Å². The zero-order valence-electron chi connectivity index (χ0n) is 15.1. The molecule has 0 saturated carbocycles. The van der Waals surface area contributed by atoms with Crippen molar-refractivity contribution in [1.82, 2.24) is 4.90 Å². The highest BCUT2D eigenvalue weighted by Gasteiger charge is 2.10. The van der Waals surface area contributed by atoms with Crippen molar-refractivity contribution in [1.29, 1.82) is 0 Å². The first-order valence-electron chi connectivity index (χ1n) is 8.28. The van der Waals surface area contributed by atoms with Gasteiger partial charge in [0.1, 0.15) is 5.75 Å². The zero-order valence-corrected chi connectivity index (χ0v) is 15.1. The third-order valence-electron chi connectivity index (χ3n) is 4.03. The van der Waals surface area contributed by atoms with Gasteiger partial charge in [-0.1, -0.05) is 12.1 Å². The van der Waals surface area contributed by atoms with Crippen LogP contribution in [0.25, 0.3) is 0 Å². The average molecular weight is 353 g/mol. The lowest BCUT2D eigenvalue weighted by molar-refractivity contribution is -0.159. The molecule has 1 aliphatic heterocycles. The minimum absolute atomic E-state index is 0.794. The average Bonchev–Trinajstić information content (AvgIpc) is 2.59. The number of ether oxygens (including phenoxy) is 2. The Hall–Kier alpha value is -2.12. The minimum Gasteiger partial charge on any atom is -0.493 e. The smallest absolute Gasteiger partial charge is 0.414 e. The second kappa shape index (κ2) is 10.7. The van der Waals surface area contributed by atoms with E-state index in [1.807, 2.05) is 0 Å². The van der Waals surface area contributed by atoms with Crippen molar-refractivity contribution in [3.05, 3.63) is 28.8 Å². The Labute approximate surface area is 148 Å². The lowest BCUT2D eigenvalue weighted by Crippen LogP contribution is -2.37. The molecule has 0 aliphatic carbocycles. The number of aryl methyl sites for hydroxylation is 2. The molecule has 0 atom stereocenters. The second-order valence-corrected chi connectivity index (χ2v) is 5.92. The van der Waals surface area contributed by atoms with Crippen LogP contribution in [0.2, 0.25) is 0 Å². The van der Waals surface area contributed by atoms with E-state index in [2.05, 4.69) is 37.8 Å². The Morgan fingerprint density at radius 3 is 2.20 bits per heavy atom. The third-order valence-corrected chi connectivity index (χ3v) is 4.03. The van der Waals surface area contributed by atoms with E-state index in [0.717, 1.165) is 51.6 Å². The fourth-order valence-corrected chi connectivity index (χ4v) is 2.43. The summed E-state index contributed by atoms with van der Waals surface area (Å²) >= 11 is 0. The van der Waals surface area contributed by atoms with E-state index in [0.29, 0.717) is 0 Å². The predicted molar refractivity (Wildman–Crippen MR) is 93.3 cm³/mol. The number of carboxylic acids is 2. The van der Waals surface area contributed by atoms with E-state index < -0.39 is 11.9 Å². The van der Waals surface area contributed by atoms with Crippen molar-refractivity contribution in [2.24, 2.45) is 0 Å². The van der Waals surface area contributed by atoms with E-state index in [9.17, 15) is 0 Å². The fourth-order valence-electron chi connectivity index (χ4n) is 2.43. The monoisotopic (exact) mass is 353 g/mol. The summed E-state index contributed by atoms with van der Waals surface area (Å²) in [4.78, 5) is 20.6. The molecule has 1 fully saturated rings. The summed E-state index contributed by atoms with van der Waals surface area (Å²) in [5, 5.41) is 14.8. The molecule has 140 valence electrons. The third kappa shape index (κ3) is 7.53. The van der Waals surface area contributed by atoms with Gasteiger partial charge in [0.2, 0.25) is 0 Å². The fraction of sp³-hybridized carbons (Fsp3) is 0.556. The number of nitrogens with zero attached hydrogens (tertiary/aromatic N) is 1. The summed E-state index contributed by atoms with van der Waals surface area (Å²) in [5.41, 5.74) is 3.80. The molecule has 0 radical (unpaired) electrons. The summed E-state index contributed by atoms with van der Waals surface area (Å²) < 4.78 is 11.3. The van der Waals surface area contributed by atoms with E-state index in [4.69, 9.17) is 29.3 Å². The molecular formula is C18H27NO6. The van der Waals surface area contributed by atoms with Crippen LogP contribution in [-0.4, -0.2) is 66.5 Å². The molecule has 0 aromatic heterocycles. The van der Waals surface area contributed by atoms with E-state index >= 15 is 0 Å². The number of morpholine rings is 1. The van der Waals surface area contributed by atoms with Gasteiger partial charge in [0, 0.05) is 19.6 Å². The SMILES string of the molecule is Cc1ccc(C)c(OCCCN2CCOCC2)c1C.O=C(O)C(=O)O. The van der Waals surface area contributed by atoms with Crippen molar-refractivity contribution in [2.75, 3.05) is 39.5 Å². The highest BCUT2D eigenvalue weighted by molar-refractivity contribution is 6.27. The van der Waals surface area contributed by atoms with Crippen LogP contribution < -0.4 is 4.74 Å². The molecule has 25 heavy (non-hydrogen) atoms. The van der Waals surface area contributed by atoms with Crippen molar-refractivity contribution >= 4 is 11.9 Å². The highest BCUT2D eigenvalue weighted by atomic mass is 16.5. The minimum atomic E-state index is -1.82. The van der Waals surface area contributed by atoms with Gasteiger partial charge in [-0.2, -0.15) is 0 Å². The molecule has 2 N–H and O–H groups in total. The molecule has 0 unspecified atom stereocenters. The molecule has 1 saturated heterocycles.